The third-order valence-electron chi connectivity index (χ3n) is 7.90. The summed E-state index contributed by atoms with van der Waals surface area (Å²) in [5.41, 5.74) is 1.18. The molecule has 4 heteroatoms. The Morgan fingerprint density at radius 1 is 1.32 bits per heavy atom. The van der Waals surface area contributed by atoms with Gasteiger partial charge in [-0.1, -0.05) is 42.5 Å². The van der Waals surface area contributed by atoms with Gasteiger partial charge < -0.3 is 4.79 Å². The second-order valence-electron chi connectivity index (χ2n) is 8.54. The Morgan fingerprint density at radius 2 is 2.16 bits per heavy atom. The van der Waals surface area contributed by atoms with E-state index < -0.39 is 11.4 Å². The lowest BCUT2D eigenvalue weighted by Crippen LogP contribution is -2.51. The maximum atomic E-state index is 12.7. The van der Waals surface area contributed by atoms with E-state index in [0.29, 0.717) is 17.8 Å². The first-order valence-corrected chi connectivity index (χ1v) is 10.6. The van der Waals surface area contributed by atoms with Crippen molar-refractivity contribution in [1.82, 2.24) is 0 Å². The number of alkyl halides is 1. The summed E-state index contributed by atoms with van der Waals surface area (Å²) in [6.45, 7) is 2.37. The summed E-state index contributed by atoms with van der Waals surface area (Å²) in [6.07, 6.45) is 15.0. The fraction of sp³-hybridized carbons (Fsp3) is 0.714. The van der Waals surface area contributed by atoms with Crippen molar-refractivity contribution in [3.63, 3.8) is 0 Å². The van der Waals surface area contributed by atoms with Crippen molar-refractivity contribution in [1.29, 1.82) is 0 Å². The van der Waals surface area contributed by atoms with Crippen LogP contribution in [0, 0.1) is 34.5 Å². The largest absolute Gasteiger partial charge is 0.303 e. The van der Waals surface area contributed by atoms with Crippen LogP contribution in [0.5, 0.6) is 0 Å². The Hall–Kier alpha value is -0.900. The molecule has 0 bridgehead atoms. The van der Waals surface area contributed by atoms with Gasteiger partial charge in [-0.2, -0.15) is 0 Å². The van der Waals surface area contributed by atoms with E-state index in [1.807, 2.05) is 0 Å². The van der Waals surface area contributed by atoms with Crippen LogP contribution < -0.4 is 0 Å². The molecule has 0 N–H and O–H groups in total. The molecule has 0 amide bonds. The molecule has 2 nitrogen and oxygen atoms in total. The predicted molar refractivity (Wildman–Crippen MR) is 98.7 cm³/mol. The number of hydrogen-bond donors (Lipinski definition) is 0. The molecule has 4 rings (SSSR count). The van der Waals surface area contributed by atoms with Crippen molar-refractivity contribution in [3.8, 4) is 0 Å². The van der Waals surface area contributed by atoms with Crippen LogP contribution in [0.15, 0.2) is 23.8 Å². The third kappa shape index (κ3) is 2.43. The molecule has 0 aliphatic heterocycles. The molecule has 0 heterocycles. The Kier molecular flexibility index (Phi) is 4.46. The third-order valence-corrected chi connectivity index (χ3v) is 8.58. The van der Waals surface area contributed by atoms with E-state index in [2.05, 4.69) is 25.2 Å². The SMILES string of the molecule is C[C@]12C=CCC=C1CC[C@H]1[C@@H]3CC[C@H](C(=O)SCF)[C@@]3(C=O)CC[C@@H]12. The molecule has 6 atom stereocenters. The lowest BCUT2D eigenvalue weighted by atomic mass is 9.48. The first-order valence-electron chi connectivity index (χ1n) is 9.63. The van der Waals surface area contributed by atoms with Crippen molar-refractivity contribution in [2.24, 2.45) is 34.5 Å². The molecule has 4 aliphatic rings. The molecule has 0 radical (unpaired) electrons. The maximum absolute atomic E-state index is 12.7. The fourth-order valence-electron chi connectivity index (χ4n) is 6.79. The minimum Gasteiger partial charge on any atom is -0.303 e. The van der Waals surface area contributed by atoms with Gasteiger partial charge in [-0.3, -0.25) is 4.79 Å². The van der Waals surface area contributed by atoms with Gasteiger partial charge >= 0.3 is 0 Å². The van der Waals surface area contributed by atoms with Crippen LogP contribution in [-0.4, -0.2) is 17.4 Å². The summed E-state index contributed by atoms with van der Waals surface area (Å²) in [6, 6.07) is -0.683. The lowest BCUT2D eigenvalue weighted by molar-refractivity contribution is -0.135. The van der Waals surface area contributed by atoms with Crippen molar-refractivity contribution in [2.75, 3.05) is 6.01 Å². The van der Waals surface area contributed by atoms with Gasteiger partial charge in [-0.25, -0.2) is 4.39 Å². The standard InChI is InChI=1S/C21H27FO2S/c1-20-10-3-2-4-14(20)5-6-15-16(20)9-11-21(12-23)17(15)7-8-18(21)19(24)25-13-22/h3-4,10,12,15-18H,2,5-9,11,13H2,1H3/t15-,16+,17+,18-,20+,21-/m1/s1. The van der Waals surface area contributed by atoms with E-state index in [9.17, 15) is 14.0 Å². The summed E-state index contributed by atoms with van der Waals surface area (Å²) in [7, 11) is 0. The van der Waals surface area contributed by atoms with Crippen LogP contribution in [-0.2, 0) is 9.59 Å². The Labute approximate surface area is 153 Å². The van der Waals surface area contributed by atoms with Crippen molar-refractivity contribution < 1.29 is 14.0 Å². The van der Waals surface area contributed by atoms with Crippen molar-refractivity contribution >= 4 is 23.2 Å². The summed E-state index contributed by atoms with van der Waals surface area (Å²) in [5, 5.41) is -0.101. The summed E-state index contributed by atoms with van der Waals surface area (Å²) >= 11 is 0.760. The number of aldehydes is 1. The molecule has 25 heavy (non-hydrogen) atoms. The van der Waals surface area contributed by atoms with Crippen LogP contribution in [0.25, 0.3) is 0 Å². The number of halogens is 1. The average Bonchev–Trinajstić information content (AvgIpc) is 3.01. The fourth-order valence-corrected chi connectivity index (χ4v) is 7.43. The predicted octanol–water partition coefficient (Wildman–Crippen LogP) is 5.10. The highest BCUT2D eigenvalue weighted by molar-refractivity contribution is 8.13. The van der Waals surface area contributed by atoms with Gasteiger partial charge in [0.15, 0.2) is 5.12 Å². The molecule has 0 aromatic carbocycles. The zero-order valence-electron chi connectivity index (χ0n) is 14.9. The van der Waals surface area contributed by atoms with E-state index in [-0.39, 0.29) is 16.4 Å². The van der Waals surface area contributed by atoms with Crippen molar-refractivity contribution in [3.05, 3.63) is 23.8 Å². The van der Waals surface area contributed by atoms with Gasteiger partial charge in [0.05, 0.1) is 0 Å². The number of thioether (sulfide) groups is 1. The number of rotatable bonds is 3. The topological polar surface area (TPSA) is 34.1 Å². The van der Waals surface area contributed by atoms with E-state index in [4.69, 9.17) is 0 Å². The Bertz CT molecular complexity index is 642. The molecule has 3 fully saturated rings. The van der Waals surface area contributed by atoms with Crippen LogP contribution in [0.3, 0.4) is 0 Å². The van der Waals surface area contributed by atoms with Crippen molar-refractivity contribution in [2.45, 2.75) is 51.9 Å². The highest BCUT2D eigenvalue weighted by atomic mass is 32.2. The molecular weight excluding hydrogens is 335 g/mol. The molecular formula is C21H27FO2S. The minimum absolute atomic E-state index is 0.101. The van der Waals surface area contributed by atoms with Gasteiger partial charge in [0.25, 0.3) is 0 Å². The van der Waals surface area contributed by atoms with E-state index in [0.717, 1.165) is 63.0 Å². The number of carbonyl (C=O) groups is 2. The number of allylic oxidation sites excluding steroid dienone is 4. The molecule has 0 aromatic rings. The van der Waals surface area contributed by atoms with Crippen LogP contribution >= 0.6 is 11.8 Å². The maximum Gasteiger partial charge on any atom is 0.195 e. The Balaban J connectivity index is 1.66. The first-order chi connectivity index (χ1) is 12.1. The second kappa shape index (κ2) is 6.37. The van der Waals surface area contributed by atoms with Gasteiger partial charge in [0, 0.05) is 16.7 Å². The van der Waals surface area contributed by atoms with Gasteiger partial charge in [-0.15, -0.1) is 0 Å². The molecule has 3 saturated carbocycles. The monoisotopic (exact) mass is 362 g/mol. The number of carbonyl (C=O) groups excluding carboxylic acids is 2. The van der Waals surface area contributed by atoms with Gasteiger partial charge in [0.1, 0.15) is 12.3 Å². The number of fused-ring (bicyclic) bond motifs is 5. The van der Waals surface area contributed by atoms with Gasteiger partial charge in [-0.05, 0) is 62.7 Å². The highest BCUT2D eigenvalue weighted by Crippen LogP contribution is 2.65. The van der Waals surface area contributed by atoms with E-state index in [1.165, 1.54) is 0 Å². The zero-order chi connectivity index (χ0) is 17.7. The summed E-state index contributed by atoms with van der Waals surface area (Å²) in [5.74, 6) is 1.11. The van der Waals surface area contributed by atoms with Gasteiger partial charge in [0.2, 0.25) is 0 Å². The first kappa shape index (κ1) is 17.5. The second-order valence-corrected chi connectivity index (χ2v) is 9.45. The molecule has 0 saturated heterocycles. The highest BCUT2D eigenvalue weighted by Gasteiger charge is 2.61. The van der Waals surface area contributed by atoms with Crippen LogP contribution in [0.2, 0.25) is 0 Å². The minimum atomic E-state index is -0.683. The van der Waals surface area contributed by atoms with Crippen LogP contribution in [0.1, 0.15) is 51.9 Å². The van der Waals surface area contributed by atoms with Crippen LogP contribution in [0.4, 0.5) is 4.39 Å². The average molecular weight is 363 g/mol. The quantitative estimate of drug-likeness (QED) is 0.517. The summed E-state index contributed by atoms with van der Waals surface area (Å²) < 4.78 is 12.7. The molecule has 4 aliphatic carbocycles. The molecule has 0 spiro atoms. The Morgan fingerprint density at radius 3 is 2.92 bits per heavy atom. The van der Waals surface area contributed by atoms with E-state index in [1.54, 1.807) is 5.57 Å². The zero-order valence-corrected chi connectivity index (χ0v) is 15.7. The summed E-state index contributed by atoms with van der Waals surface area (Å²) in [4.78, 5) is 24.7. The van der Waals surface area contributed by atoms with E-state index >= 15 is 0 Å². The number of hydrogen-bond acceptors (Lipinski definition) is 3. The molecule has 0 unspecified atom stereocenters. The molecule has 0 aromatic heterocycles. The smallest absolute Gasteiger partial charge is 0.195 e. The lowest BCUT2D eigenvalue weighted by Gasteiger charge is -2.56. The molecule has 136 valence electrons. The normalized spacial score (nSPS) is 45.1.